The molecule has 9 heteroatoms. The van der Waals surface area contributed by atoms with Gasteiger partial charge in [-0.3, -0.25) is 4.40 Å². The van der Waals surface area contributed by atoms with E-state index in [0.29, 0.717) is 45.2 Å². The van der Waals surface area contributed by atoms with Gasteiger partial charge in [-0.15, -0.1) is 0 Å². The minimum Gasteiger partial charge on any atom is -0.254 e. The van der Waals surface area contributed by atoms with Crippen molar-refractivity contribution in [1.82, 2.24) is 44.3 Å². The molecule has 5 aromatic heterocycles. The van der Waals surface area contributed by atoms with Crippen LogP contribution in [0.25, 0.3) is 73.3 Å². The molecule has 0 bridgehead atoms. The van der Waals surface area contributed by atoms with Crippen molar-refractivity contribution in [2.45, 2.75) is 157 Å². The lowest BCUT2D eigenvalue weighted by atomic mass is 9.79. The van der Waals surface area contributed by atoms with Crippen LogP contribution in [0.2, 0.25) is 0 Å². The van der Waals surface area contributed by atoms with E-state index < -0.39 is 0 Å². The maximum absolute atomic E-state index is 5.40. The van der Waals surface area contributed by atoms with Crippen LogP contribution in [0.15, 0.2) is 67.0 Å². The predicted molar refractivity (Wildman–Crippen MR) is 261 cm³/mol. The average molecular weight is 840 g/mol. The van der Waals surface area contributed by atoms with Crippen LogP contribution in [-0.2, 0) is 32.5 Å². The lowest BCUT2D eigenvalue weighted by Gasteiger charge is -2.26. The fourth-order valence-electron chi connectivity index (χ4n) is 7.81. The van der Waals surface area contributed by atoms with Crippen LogP contribution in [-0.4, -0.2) is 44.3 Å². The van der Waals surface area contributed by atoms with Crippen LogP contribution >= 0.6 is 0 Å². The van der Waals surface area contributed by atoms with Gasteiger partial charge in [-0.2, -0.15) is 0 Å². The maximum Gasteiger partial charge on any atom is 0.200 e. The van der Waals surface area contributed by atoms with Crippen molar-refractivity contribution < 1.29 is 0 Å². The maximum atomic E-state index is 5.40. The van der Waals surface area contributed by atoms with Crippen molar-refractivity contribution in [3.05, 3.63) is 100 Å². The molecule has 5 heterocycles. The number of rotatable bonds is 3. The number of fused-ring (bicyclic) bond motifs is 6. The van der Waals surface area contributed by atoms with E-state index in [9.17, 15) is 0 Å². The van der Waals surface area contributed by atoms with Gasteiger partial charge < -0.3 is 0 Å². The minimum absolute atomic E-state index is 0.0595. The second-order valence-electron chi connectivity index (χ2n) is 23.8. The van der Waals surface area contributed by atoms with Gasteiger partial charge in [0.1, 0.15) is 5.69 Å². The second kappa shape index (κ2) is 14.4. The Labute approximate surface area is 373 Å². The van der Waals surface area contributed by atoms with Crippen LogP contribution in [0.4, 0.5) is 0 Å². The lowest BCUT2D eigenvalue weighted by Crippen LogP contribution is -2.17. The molecule has 0 radical (unpaired) electrons. The van der Waals surface area contributed by atoms with Gasteiger partial charge >= 0.3 is 0 Å². The summed E-state index contributed by atoms with van der Waals surface area (Å²) in [6.07, 6.45) is 3.65. The summed E-state index contributed by atoms with van der Waals surface area (Å²) in [5, 5.41) is 0. The summed E-state index contributed by atoms with van der Waals surface area (Å²) < 4.78 is 1.99. The van der Waals surface area contributed by atoms with E-state index in [4.69, 9.17) is 39.9 Å². The zero-order chi connectivity index (χ0) is 46.0. The summed E-state index contributed by atoms with van der Waals surface area (Å²) in [5.74, 6) is 0. The van der Waals surface area contributed by atoms with Gasteiger partial charge in [-0.25, -0.2) is 39.9 Å². The van der Waals surface area contributed by atoms with E-state index in [1.165, 1.54) is 33.4 Å². The Hall–Kier alpha value is -5.70. The minimum atomic E-state index is -0.113. The number of aromatic nitrogens is 9. The van der Waals surface area contributed by atoms with Gasteiger partial charge in [0.2, 0.25) is 5.65 Å². The van der Waals surface area contributed by atoms with E-state index >= 15 is 0 Å². The Morgan fingerprint density at radius 2 is 0.651 bits per heavy atom. The van der Waals surface area contributed by atoms with Crippen molar-refractivity contribution in [3.8, 4) is 33.8 Å². The van der Waals surface area contributed by atoms with Crippen molar-refractivity contribution in [2.75, 3.05) is 0 Å². The third kappa shape index (κ3) is 8.43. The van der Waals surface area contributed by atoms with Crippen molar-refractivity contribution in [1.29, 1.82) is 0 Å². The van der Waals surface area contributed by atoms with E-state index in [-0.39, 0.29) is 32.5 Å². The number of hydrogen-bond acceptors (Lipinski definition) is 8. The molecular weight excluding hydrogens is 775 g/mol. The molecule has 8 aromatic rings. The Balaban J connectivity index is 1.45. The molecule has 0 fully saturated rings. The molecule has 8 rings (SSSR count). The van der Waals surface area contributed by atoms with Crippen molar-refractivity contribution >= 4 is 39.5 Å². The molecule has 0 saturated carbocycles. The molecule has 0 spiro atoms. The molecule has 0 aliphatic heterocycles. The topological polar surface area (TPSA) is 108 Å². The fourth-order valence-corrected chi connectivity index (χ4v) is 7.81. The Morgan fingerprint density at radius 1 is 0.302 bits per heavy atom. The van der Waals surface area contributed by atoms with Crippen LogP contribution in [0.3, 0.4) is 0 Å². The summed E-state index contributed by atoms with van der Waals surface area (Å²) >= 11 is 0. The van der Waals surface area contributed by atoms with Gasteiger partial charge in [-0.05, 0) is 102 Å². The summed E-state index contributed by atoms with van der Waals surface area (Å²) in [7, 11) is 0. The van der Waals surface area contributed by atoms with Crippen LogP contribution in [0, 0.1) is 0 Å². The first-order valence-corrected chi connectivity index (χ1v) is 22.3. The average Bonchev–Trinajstić information content (AvgIpc) is 3.56. The van der Waals surface area contributed by atoms with Gasteiger partial charge in [0.05, 0.1) is 23.8 Å². The normalized spacial score (nSPS) is 13.6. The SMILES string of the molecule is CC(C)(C)c1cc(-c2cnc3nc4nc(-c5cc(C(C)(C)C)cc(C(C)(C)C)c5)c5nc6ncc(-c7cc(C(C)(C)C)cc(C(C)(C)C)c7)nc6n5c4nc3n2)cc(C(C)(C)C)c1. The zero-order valence-electron chi connectivity index (χ0n) is 40.9. The summed E-state index contributed by atoms with van der Waals surface area (Å²) in [6, 6.07) is 20.4. The molecule has 0 aliphatic carbocycles. The van der Waals surface area contributed by atoms with Crippen LogP contribution in [0.1, 0.15) is 158 Å². The van der Waals surface area contributed by atoms with Gasteiger partial charge in [0.15, 0.2) is 33.9 Å². The van der Waals surface area contributed by atoms with E-state index in [0.717, 1.165) is 28.1 Å². The fraction of sp³-hybridized carbons (Fsp3) is 0.444. The largest absolute Gasteiger partial charge is 0.254 e. The molecule has 0 atom stereocenters. The first-order chi connectivity index (χ1) is 28.9. The third-order valence-corrected chi connectivity index (χ3v) is 12.2. The number of benzene rings is 3. The summed E-state index contributed by atoms with van der Waals surface area (Å²) in [6.45, 7) is 40.4. The van der Waals surface area contributed by atoms with Crippen LogP contribution in [0.5, 0.6) is 0 Å². The van der Waals surface area contributed by atoms with E-state index in [1.807, 2.05) is 10.6 Å². The number of nitrogens with zero attached hydrogens (tertiary/aromatic N) is 9. The monoisotopic (exact) mass is 840 g/mol. The number of hydrogen-bond donors (Lipinski definition) is 0. The molecular formula is C54H65N9. The Bertz CT molecular complexity index is 3010. The lowest BCUT2D eigenvalue weighted by molar-refractivity contribution is 0.568. The molecule has 63 heavy (non-hydrogen) atoms. The molecule has 3 aromatic carbocycles. The highest BCUT2D eigenvalue weighted by Gasteiger charge is 2.27. The highest BCUT2D eigenvalue weighted by molar-refractivity contribution is 5.92. The molecule has 9 nitrogen and oxygen atoms in total. The van der Waals surface area contributed by atoms with Crippen molar-refractivity contribution in [2.24, 2.45) is 0 Å². The summed E-state index contributed by atoms with van der Waals surface area (Å²) in [5.41, 5.74) is 15.4. The quantitative estimate of drug-likeness (QED) is 0.162. The molecule has 326 valence electrons. The van der Waals surface area contributed by atoms with Gasteiger partial charge in [-0.1, -0.05) is 143 Å². The second-order valence-corrected chi connectivity index (χ2v) is 23.8. The Morgan fingerprint density at radius 3 is 1.06 bits per heavy atom. The van der Waals surface area contributed by atoms with Gasteiger partial charge in [0, 0.05) is 16.7 Å². The molecule has 0 saturated heterocycles. The van der Waals surface area contributed by atoms with Gasteiger partial charge in [0.25, 0.3) is 0 Å². The molecule has 0 aliphatic rings. The smallest absolute Gasteiger partial charge is 0.200 e. The Kier molecular flexibility index (Phi) is 10.0. The molecule has 0 amide bonds. The molecule has 0 unspecified atom stereocenters. The molecule has 0 N–H and O–H groups in total. The third-order valence-electron chi connectivity index (χ3n) is 12.2. The number of imidazole rings is 1. The van der Waals surface area contributed by atoms with Crippen molar-refractivity contribution in [3.63, 3.8) is 0 Å². The summed E-state index contributed by atoms with van der Waals surface area (Å²) in [4.78, 5) is 41.3. The first-order valence-electron chi connectivity index (χ1n) is 22.3. The van der Waals surface area contributed by atoms with E-state index in [2.05, 4.69) is 179 Å². The zero-order valence-corrected chi connectivity index (χ0v) is 40.9. The van der Waals surface area contributed by atoms with Crippen LogP contribution < -0.4 is 0 Å². The first kappa shape index (κ1) is 43.9. The standard InChI is InChI=1S/C54H65N9/c1-49(2,3)33-19-30(20-34(25-33)50(4,5)6)39-28-55-42-43(57-39)61-48-45(60-42)59-41(32-23-37(53(13,14)15)27-38(24-32)54(16,17)18)46-62-44-47(63(46)48)58-40(29-56-44)31-21-35(51(7,8)9)26-36(22-31)52(10,11)12/h19-29H,1-18H3. The predicted octanol–water partition coefficient (Wildman–Crippen LogP) is 13.3. The highest BCUT2D eigenvalue weighted by atomic mass is 15.2. The highest BCUT2D eigenvalue weighted by Crippen LogP contribution is 2.39. The van der Waals surface area contributed by atoms with E-state index in [1.54, 1.807) is 6.20 Å².